The van der Waals surface area contributed by atoms with Gasteiger partial charge in [-0.05, 0) is 29.4 Å². The van der Waals surface area contributed by atoms with Gasteiger partial charge in [-0.3, -0.25) is 4.79 Å². The van der Waals surface area contributed by atoms with Crippen molar-refractivity contribution in [2.45, 2.75) is 12.8 Å². The first kappa shape index (κ1) is 12.8. The van der Waals surface area contributed by atoms with Gasteiger partial charge in [-0.1, -0.05) is 24.3 Å². The molecular weight excluding hydrogens is 227 g/mol. The van der Waals surface area contributed by atoms with E-state index in [9.17, 15) is 9.18 Å². The minimum absolute atomic E-state index is 0.207. The summed E-state index contributed by atoms with van der Waals surface area (Å²) in [6.45, 7) is 0. The Labute approximate surface area is 99.2 Å². The van der Waals surface area contributed by atoms with Crippen LogP contribution in [0.3, 0.4) is 0 Å². The summed E-state index contributed by atoms with van der Waals surface area (Å²) in [7, 11) is 0. The number of thiol groups is 1. The Morgan fingerprint density at radius 2 is 2.25 bits per heavy atom. The Bertz CT molecular complexity index is 402. The summed E-state index contributed by atoms with van der Waals surface area (Å²) < 4.78 is 13.4. The minimum Gasteiger partial charge on any atom is -0.481 e. The molecule has 0 saturated carbocycles. The van der Waals surface area contributed by atoms with E-state index in [0.717, 1.165) is 17.7 Å². The molecule has 0 aliphatic heterocycles. The molecule has 1 rings (SSSR count). The predicted molar refractivity (Wildman–Crippen MR) is 65.2 cm³/mol. The van der Waals surface area contributed by atoms with E-state index in [0.29, 0.717) is 0 Å². The molecule has 0 amide bonds. The highest BCUT2D eigenvalue weighted by Gasteiger charge is 2.06. The van der Waals surface area contributed by atoms with Crippen molar-refractivity contribution in [2.75, 3.05) is 5.75 Å². The molecule has 0 fully saturated rings. The van der Waals surface area contributed by atoms with Crippen LogP contribution in [0.1, 0.15) is 17.5 Å². The third-order valence-electron chi connectivity index (χ3n) is 2.02. The molecule has 0 atom stereocenters. The SMILES string of the molecule is O=C(O)Cc1ccc(C=CCCS)cc1F. The number of carbonyl (C=O) groups is 1. The van der Waals surface area contributed by atoms with Gasteiger partial charge in [0.1, 0.15) is 5.82 Å². The van der Waals surface area contributed by atoms with E-state index < -0.39 is 11.8 Å². The van der Waals surface area contributed by atoms with Gasteiger partial charge < -0.3 is 5.11 Å². The second-order valence-corrected chi connectivity index (χ2v) is 3.78. The van der Waals surface area contributed by atoms with Crippen molar-refractivity contribution >= 4 is 24.7 Å². The molecule has 2 nitrogen and oxygen atoms in total. The number of carboxylic acids is 1. The predicted octanol–water partition coefficient (Wildman–Crippen LogP) is 2.79. The van der Waals surface area contributed by atoms with Crippen LogP contribution in [0, 0.1) is 5.82 Å². The summed E-state index contributed by atoms with van der Waals surface area (Å²) >= 11 is 4.05. The van der Waals surface area contributed by atoms with Crippen molar-refractivity contribution in [3.05, 3.63) is 41.2 Å². The van der Waals surface area contributed by atoms with E-state index in [4.69, 9.17) is 5.11 Å². The first-order valence-electron chi connectivity index (χ1n) is 4.91. The van der Waals surface area contributed by atoms with E-state index in [2.05, 4.69) is 12.6 Å². The third-order valence-corrected chi connectivity index (χ3v) is 2.28. The topological polar surface area (TPSA) is 37.3 Å². The standard InChI is InChI=1S/C12H13FO2S/c13-11-7-9(3-1-2-6-16)4-5-10(11)8-12(14)15/h1,3-5,7,16H,2,6,8H2,(H,14,15). The van der Waals surface area contributed by atoms with Crippen molar-refractivity contribution in [3.63, 3.8) is 0 Å². The summed E-state index contributed by atoms with van der Waals surface area (Å²) in [5, 5.41) is 8.54. The first-order valence-corrected chi connectivity index (χ1v) is 5.54. The third kappa shape index (κ3) is 4.06. The Kier molecular flexibility index (Phi) is 5.05. The van der Waals surface area contributed by atoms with Crippen LogP contribution in [0.2, 0.25) is 0 Å². The molecule has 0 saturated heterocycles. The molecule has 0 heterocycles. The highest BCUT2D eigenvalue weighted by Crippen LogP contribution is 2.12. The molecule has 1 aromatic rings. The smallest absolute Gasteiger partial charge is 0.307 e. The lowest BCUT2D eigenvalue weighted by Gasteiger charge is -2.01. The van der Waals surface area contributed by atoms with Crippen LogP contribution in [-0.4, -0.2) is 16.8 Å². The minimum atomic E-state index is -1.03. The van der Waals surface area contributed by atoms with E-state index >= 15 is 0 Å². The molecule has 0 unspecified atom stereocenters. The zero-order valence-electron chi connectivity index (χ0n) is 8.69. The largest absolute Gasteiger partial charge is 0.481 e. The van der Waals surface area contributed by atoms with Crippen molar-refractivity contribution in [3.8, 4) is 0 Å². The van der Waals surface area contributed by atoms with E-state index in [-0.39, 0.29) is 12.0 Å². The zero-order valence-corrected chi connectivity index (χ0v) is 9.58. The van der Waals surface area contributed by atoms with Crippen LogP contribution < -0.4 is 0 Å². The Morgan fingerprint density at radius 3 is 2.81 bits per heavy atom. The lowest BCUT2D eigenvalue weighted by atomic mass is 10.1. The van der Waals surface area contributed by atoms with Crippen molar-refractivity contribution in [2.24, 2.45) is 0 Å². The Morgan fingerprint density at radius 1 is 1.50 bits per heavy atom. The summed E-state index contributed by atoms with van der Waals surface area (Å²) in [4.78, 5) is 10.4. The molecule has 4 heteroatoms. The van der Waals surface area contributed by atoms with Crippen LogP contribution in [0.25, 0.3) is 6.08 Å². The fraction of sp³-hybridized carbons (Fsp3) is 0.250. The molecule has 0 spiro atoms. The fourth-order valence-electron chi connectivity index (χ4n) is 1.27. The van der Waals surface area contributed by atoms with Crippen LogP contribution >= 0.6 is 12.6 Å². The maximum absolute atomic E-state index is 13.4. The van der Waals surface area contributed by atoms with Crippen molar-refractivity contribution < 1.29 is 14.3 Å². The van der Waals surface area contributed by atoms with Gasteiger partial charge in [0.15, 0.2) is 0 Å². The second-order valence-electron chi connectivity index (χ2n) is 3.34. The number of benzene rings is 1. The molecule has 0 aromatic heterocycles. The maximum atomic E-state index is 13.4. The molecule has 0 aliphatic carbocycles. The lowest BCUT2D eigenvalue weighted by Crippen LogP contribution is -2.02. The molecule has 0 bridgehead atoms. The first-order chi connectivity index (χ1) is 7.63. The monoisotopic (exact) mass is 240 g/mol. The number of halogens is 1. The molecule has 1 aromatic carbocycles. The van der Waals surface area contributed by atoms with E-state index in [1.54, 1.807) is 12.1 Å². The van der Waals surface area contributed by atoms with Crippen LogP contribution in [0.4, 0.5) is 4.39 Å². The highest BCUT2D eigenvalue weighted by molar-refractivity contribution is 7.80. The molecule has 16 heavy (non-hydrogen) atoms. The summed E-state index contributed by atoms with van der Waals surface area (Å²) in [5.41, 5.74) is 0.937. The normalized spacial score (nSPS) is 10.9. The van der Waals surface area contributed by atoms with E-state index in [1.807, 2.05) is 6.08 Å². The molecule has 86 valence electrons. The lowest BCUT2D eigenvalue weighted by molar-refractivity contribution is -0.136. The number of aliphatic carboxylic acids is 1. The summed E-state index contributed by atoms with van der Waals surface area (Å²) in [6.07, 6.45) is 4.23. The zero-order chi connectivity index (χ0) is 12.0. The number of hydrogen-bond acceptors (Lipinski definition) is 2. The van der Waals surface area contributed by atoms with Gasteiger partial charge in [-0.15, -0.1) is 0 Å². The Balaban J connectivity index is 2.78. The maximum Gasteiger partial charge on any atom is 0.307 e. The van der Waals surface area contributed by atoms with Crippen LogP contribution in [0.5, 0.6) is 0 Å². The average molecular weight is 240 g/mol. The Hall–Kier alpha value is -1.29. The molecular formula is C12H13FO2S. The van der Waals surface area contributed by atoms with Gasteiger partial charge in [-0.2, -0.15) is 12.6 Å². The fourth-order valence-corrected chi connectivity index (χ4v) is 1.42. The van der Waals surface area contributed by atoms with Gasteiger partial charge in [0, 0.05) is 0 Å². The van der Waals surface area contributed by atoms with Crippen molar-refractivity contribution in [1.29, 1.82) is 0 Å². The average Bonchev–Trinajstić information content (AvgIpc) is 2.22. The summed E-state index contributed by atoms with van der Waals surface area (Å²) in [6, 6.07) is 4.55. The van der Waals surface area contributed by atoms with E-state index in [1.165, 1.54) is 12.1 Å². The summed E-state index contributed by atoms with van der Waals surface area (Å²) in [5.74, 6) is -0.761. The van der Waals surface area contributed by atoms with Gasteiger partial charge >= 0.3 is 5.97 Å². The van der Waals surface area contributed by atoms with Crippen LogP contribution in [-0.2, 0) is 11.2 Å². The quantitative estimate of drug-likeness (QED) is 0.776. The number of hydrogen-bond donors (Lipinski definition) is 2. The van der Waals surface area contributed by atoms with Gasteiger partial charge in [-0.25, -0.2) is 4.39 Å². The van der Waals surface area contributed by atoms with Gasteiger partial charge in [0.05, 0.1) is 6.42 Å². The highest BCUT2D eigenvalue weighted by atomic mass is 32.1. The van der Waals surface area contributed by atoms with Gasteiger partial charge in [0.2, 0.25) is 0 Å². The molecule has 0 radical (unpaired) electrons. The second kappa shape index (κ2) is 6.33. The van der Waals surface area contributed by atoms with Crippen molar-refractivity contribution in [1.82, 2.24) is 0 Å². The van der Waals surface area contributed by atoms with Gasteiger partial charge in [0.25, 0.3) is 0 Å². The number of allylic oxidation sites excluding steroid dienone is 1. The number of rotatable bonds is 5. The number of carboxylic acid groups (broad SMARTS) is 1. The molecule has 1 N–H and O–H groups in total. The molecule has 0 aliphatic rings. The van der Waals surface area contributed by atoms with Crippen LogP contribution in [0.15, 0.2) is 24.3 Å².